The highest BCUT2D eigenvalue weighted by atomic mass is 32.2. The summed E-state index contributed by atoms with van der Waals surface area (Å²) in [5.74, 6) is -0.505. The molecule has 0 aliphatic rings. The summed E-state index contributed by atoms with van der Waals surface area (Å²) in [6, 6.07) is 7.37. The minimum absolute atomic E-state index is 0.000882. The Morgan fingerprint density at radius 1 is 0.475 bits per heavy atom. The molecule has 0 bridgehead atoms. The van der Waals surface area contributed by atoms with Crippen molar-refractivity contribution in [3.05, 3.63) is 36.4 Å². The molecule has 4 rings (SSSR count). The second kappa shape index (κ2) is 17.5. The number of rotatable bonds is 15. The first-order valence-electron chi connectivity index (χ1n) is 18.4. The lowest BCUT2D eigenvalue weighted by atomic mass is 9.94. The zero-order valence-electron chi connectivity index (χ0n) is 34.3. The fraction of sp³-hybridized carbons (Fsp3) is 0.486. The van der Waals surface area contributed by atoms with Crippen molar-refractivity contribution in [2.75, 3.05) is 39.3 Å². The molecule has 4 aromatic carbocycles. The standard InChI is InChI=1S/C37H52N6O13S3/c1-35(2,3)54-32(45)38-14-17-41-57(48,49)27-20-26(44)22-10-11-24-28(58(50,51)42-18-15-39-33(46)55-36(4,5)6)21-29(25-13-12-23(27)30(22)31(24)25)59(52,53)43-19-16-40-34(47)56-37(7,8)9/h10-13,20-21,41-44H,14-19H2,1-9H3,(H,38,45)(H,39,46)(H,40,47). The third-order valence-electron chi connectivity index (χ3n) is 7.89. The van der Waals surface area contributed by atoms with Crippen LogP contribution >= 0.6 is 0 Å². The molecule has 0 fully saturated rings. The van der Waals surface area contributed by atoms with Crippen molar-refractivity contribution in [2.45, 2.75) is 93.8 Å². The van der Waals surface area contributed by atoms with Gasteiger partial charge in [-0.05, 0) is 74.4 Å². The summed E-state index contributed by atoms with van der Waals surface area (Å²) in [7, 11) is -13.6. The number of phenols is 1. The predicted octanol–water partition coefficient (Wildman–Crippen LogP) is 3.70. The summed E-state index contributed by atoms with van der Waals surface area (Å²) in [5, 5.41) is 18.6. The minimum Gasteiger partial charge on any atom is -0.507 e. The Hall–Kier alpha value is -4.74. The first-order valence-corrected chi connectivity index (χ1v) is 22.8. The molecule has 19 nitrogen and oxygen atoms in total. The van der Waals surface area contributed by atoms with Crippen LogP contribution in [-0.4, -0.2) is 105 Å². The van der Waals surface area contributed by atoms with Gasteiger partial charge in [-0.25, -0.2) is 53.8 Å². The van der Waals surface area contributed by atoms with Crippen molar-refractivity contribution in [1.29, 1.82) is 0 Å². The van der Waals surface area contributed by atoms with E-state index in [1.165, 1.54) is 24.3 Å². The number of phenolic OH excluding ortho intramolecular Hbond substituents is 1. The summed E-state index contributed by atoms with van der Waals surface area (Å²) in [5.41, 5.74) is -2.41. The van der Waals surface area contributed by atoms with Gasteiger partial charge in [0.2, 0.25) is 30.1 Å². The van der Waals surface area contributed by atoms with Crippen molar-refractivity contribution in [3.8, 4) is 5.75 Å². The van der Waals surface area contributed by atoms with Gasteiger partial charge >= 0.3 is 18.3 Å². The van der Waals surface area contributed by atoms with Crippen LogP contribution in [0.1, 0.15) is 62.3 Å². The van der Waals surface area contributed by atoms with Crippen LogP contribution < -0.4 is 30.1 Å². The molecule has 0 aliphatic heterocycles. The average molecular weight is 885 g/mol. The molecule has 0 saturated carbocycles. The molecular weight excluding hydrogens is 833 g/mol. The number of hydrogen-bond acceptors (Lipinski definition) is 13. The lowest BCUT2D eigenvalue weighted by molar-refractivity contribution is 0.0517. The number of carbonyl (C=O) groups excluding carboxylic acids is 3. The van der Waals surface area contributed by atoms with Gasteiger partial charge < -0.3 is 35.3 Å². The average Bonchev–Trinajstić information content (AvgIpc) is 3.07. The molecule has 7 N–H and O–H groups in total. The van der Waals surface area contributed by atoms with E-state index in [0.717, 1.165) is 12.1 Å². The lowest BCUT2D eigenvalue weighted by Crippen LogP contribution is -2.38. The van der Waals surface area contributed by atoms with Gasteiger partial charge in [0.1, 0.15) is 22.6 Å². The minimum atomic E-state index is -4.58. The Balaban J connectivity index is 1.80. The molecule has 59 heavy (non-hydrogen) atoms. The third-order valence-corrected chi connectivity index (χ3v) is 12.4. The number of amides is 3. The summed E-state index contributed by atoms with van der Waals surface area (Å²) < 4.78 is 106. The molecular formula is C37H52N6O13S3. The number of aromatic hydroxyl groups is 1. The topological polar surface area (TPSA) is 274 Å². The van der Waals surface area contributed by atoms with Gasteiger partial charge in [0, 0.05) is 77.7 Å². The van der Waals surface area contributed by atoms with Crippen molar-refractivity contribution in [1.82, 2.24) is 30.1 Å². The van der Waals surface area contributed by atoms with E-state index in [0.29, 0.717) is 0 Å². The van der Waals surface area contributed by atoms with Gasteiger partial charge in [0.15, 0.2) is 0 Å². The molecule has 0 aliphatic carbocycles. The quantitative estimate of drug-likeness (QED) is 0.0511. The maximum atomic E-state index is 14.0. The number of sulfonamides is 3. The summed E-state index contributed by atoms with van der Waals surface area (Å²) in [4.78, 5) is 34.9. The van der Waals surface area contributed by atoms with E-state index >= 15 is 0 Å². The zero-order valence-corrected chi connectivity index (χ0v) is 36.7. The van der Waals surface area contributed by atoms with Crippen LogP contribution in [0, 0.1) is 0 Å². The zero-order chi connectivity index (χ0) is 44.4. The van der Waals surface area contributed by atoms with Crippen LogP contribution in [-0.2, 0) is 44.3 Å². The van der Waals surface area contributed by atoms with E-state index in [1.54, 1.807) is 62.3 Å². The highest BCUT2D eigenvalue weighted by Crippen LogP contribution is 2.44. The summed E-state index contributed by atoms with van der Waals surface area (Å²) in [6.45, 7) is 13.4. The normalized spacial score (nSPS) is 13.1. The Morgan fingerprint density at radius 2 is 0.746 bits per heavy atom. The largest absolute Gasteiger partial charge is 0.507 e. The van der Waals surface area contributed by atoms with Gasteiger partial charge in [-0.2, -0.15) is 0 Å². The smallest absolute Gasteiger partial charge is 0.407 e. The third kappa shape index (κ3) is 12.4. The number of hydrogen-bond donors (Lipinski definition) is 7. The lowest BCUT2D eigenvalue weighted by Gasteiger charge is -2.21. The number of alkyl carbamates (subject to hydrolysis) is 3. The summed E-state index contributed by atoms with van der Waals surface area (Å²) in [6.07, 6.45) is -2.35. The van der Waals surface area contributed by atoms with Crippen molar-refractivity contribution in [2.24, 2.45) is 0 Å². The first kappa shape index (κ1) is 46.9. The molecule has 0 aromatic heterocycles. The Bertz CT molecular complexity index is 2470. The van der Waals surface area contributed by atoms with Crippen molar-refractivity contribution < 1.29 is 59.0 Å². The Labute approximate surface area is 343 Å². The maximum absolute atomic E-state index is 14.0. The summed E-state index contributed by atoms with van der Waals surface area (Å²) >= 11 is 0. The first-order chi connectivity index (χ1) is 27.0. The van der Waals surface area contributed by atoms with Gasteiger partial charge in [-0.3, -0.25) is 0 Å². The molecule has 0 spiro atoms. The highest BCUT2D eigenvalue weighted by molar-refractivity contribution is 7.90. The maximum Gasteiger partial charge on any atom is 0.407 e. The number of nitrogens with one attached hydrogen (secondary N) is 6. The monoisotopic (exact) mass is 884 g/mol. The van der Waals surface area contributed by atoms with Crippen LogP contribution in [0.2, 0.25) is 0 Å². The molecule has 0 radical (unpaired) electrons. The van der Waals surface area contributed by atoms with E-state index in [1.807, 2.05) is 0 Å². The van der Waals surface area contributed by atoms with Gasteiger partial charge in [0.25, 0.3) is 0 Å². The van der Waals surface area contributed by atoms with Crippen molar-refractivity contribution >= 4 is 80.7 Å². The number of carbonyl (C=O) groups is 3. The fourth-order valence-electron chi connectivity index (χ4n) is 5.77. The van der Waals surface area contributed by atoms with E-state index in [-0.39, 0.29) is 71.6 Å². The van der Waals surface area contributed by atoms with Crippen LogP contribution in [0.15, 0.2) is 51.1 Å². The molecule has 0 heterocycles. The van der Waals surface area contributed by atoms with Crippen LogP contribution in [0.25, 0.3) is 32.3 Å². The van der Waals surface area contributed by atoms with Crippen LogP contribution in [0.4, 0.5) is 14.4 Å². The van der Waals surface area contributed by atoms with Gasteiger partial charge in [0.05, 0.1) is 14.7 Å². The molecule has 0 unspecified atom stereocenters. The molecule has 4 aromatic rings. The van der Waals surface area contributed by atoms with Gasteiger partial charge in [-0.1, -0.05) is 18.2 Å². The molecule has 22 heteroatoms. The van der Waals surface area contributed by atoms with E-state index in [4.69, 9.17) is 14.2 Å². The highest BCUT2D eigenvalue weighted by Gasteiger charge is 2.30. The number of ether oxygens (including phenoxy) is 3. The van der Waals surface area contributed by atoms with E-state index in [2.05, 4.69) is 30.1 Å². The van der Waals surface area contributed by atoms with Gasteiger partial charge in [-0.15, -0.1) is 0 Å². The van der Waals surface area contributed by atoms with Crippen LogP contribution in [0.3, 0.4) is 0 Å². The molecule has 0 atom stereocenters. The van der Waals surface area contributed by atoms with Crippen LogP contribution in [0.5, 0.6) is 5.75 Å². The SMILES string of the molecule is CC(C)(C)OC(=O)NCCNS(=O)(=O)c1cc(O)c2ccc3c(S(=O)(=O)NCCNC(=O)OC(C)(C)C)cc(S(=O)(=O)NCCNC(=O)OC(C)(C)C)c4ccc1c2c34. The molecule has 3 amide bonds. The molecule has 0 saturated heterocycles. The number of benzene rings is 4. The predicted molar refractivity (Wildman–Crippen MR) is 220 cm³/mol. The second-order valence-electron chi connectivity index (χ2n) is 16.3. The van der Waals surface area contributed by atoms with E-state index < -0.39 is 85.6 Å². The van der Waals surface area contributed by atoms with Crippen molar-refractivity contribution in [3.63, 3.8) is 0 Å². The Morgan fingerprint density at radius 3 is 1.05 bits per heavy atom. The Kier molecular flexibility index (Phi) is 13.9. The molecule has 326 valence electrons. The second-order valence-corrected chi connectivity index (χ2v) is 21.5. The van der Waals surface area contributed by atoms with E-state index in [9.17, 15) is 44.7 Å². The fourth-order valence-corrected chi connectivity index (χ4v) is 9.62.